The zero-order valence-electron chi connectivity index (χ0n) is 9.63. The van der Waals surface area contributed by atoms with Gasteiger partial charge < -0.3 is 5.32 Å². The van der Waals surface area contributed by atoms with E-state index in [1.807, 2.05) is 0 Å². The molecule has 1 aliphatic rings. The van der Waals surface area contributed by atoms with Crippen LogP contribution in [-0.4, -0.2) is 43.9 Å². The van der Waals surface area contributed by atoms with Gasteiger partial charge >= 0.3 is 15.5 Å². The first-order chi connectivity index (χ1) is 7.80. The maximum absolute atomic E-state index is 12.5. The predicted octanol–water partition coefficient (Wildman–Crippen LogP) is 1.30. The summed E-state index contributed by atoms with van der Waals surface area (Å²) in [7, 11) is -5.19. The number of rotatable bonds is 4. The van der Waals surface area contributed by atoms with E-state index >= 15 is 0 Å². The minimum absolute atomic E-state index is 0.0769. The molecule has 1 aliphatic heterocycles. The van der Waals surface area contributed by atoms with Crippen LogP contribution in [0, 0.1) is 0 Å². The molecule has 0 aliphatic carbocycles. The van der Waals surface area contributed by atoms with Crippen LogP contribution in [0.25, 0.3) is 0 Å². The van der Waals surface area contributed by atoms with Crippen LogP contribution in [0.1, 0.15) is 26.2 Å². The number of piperidine rings is 1. The quantitative estimate of drug-likeness (QED) is 0.840. The van der Waals surface area contributed by atoms with Gasteiger partial charge in [0.2, 0.25) is 0 Å². The second-order valence-electron chi connectivity index (χ2n) is 4.04. The molecular formula is C9H17F3N2O2S. The number of sulfonamides is 1. The number of hydrogen-bond donors (Lipinski definition) is 1. The fraction of sp³-hybridized carbons (Fsp3) is 1.00. The van der Waals surface area contributed by atoms with Gasteiger partial charge in [0.25, 0.3) is 0 Å². The zero-order chi connectivity index (χ0) is 13.1. The number of halogens is 3. The van der Waals surface area contributed by atoms with Crippen molar-refractivity contribution < 1.29 is 21.6 Å². The van der Waals surface area contributed by atoms with Gasteiger partial charge in [-0.2, -0.15) is 17.5 Å². The van der Waals surface area contributed by atoms with Crippen molar-refractivity contribution in [3.8, 4) is 0 Å². The van der Waals surface area contributed by atoms with E-state index in [9.17, 15) is 21.6 Å². The molecule has 0 aromatic rings. The van der Waals surface area contributed by atoms with Gasteiger partial charge in [0.1, 0.15) is 0 Å². The smallest absolute Gasteiger partial charge is 0.317 e. The summed E-state index contributed by atoms with van der Waals surface area (Å²) in [6.07, 6.45) is 1.23. The predicted molar refractivity (Wildman–Crippen MR) is 57.9 cm³/mol. The monoisotopic (exact) mass is 274 g/mol. The van der Waals surface area contributed by atoms with Crippen molar-refractivity contribution >= 4 is 10.0 Å². The van der Waals surface area contributed by atoms with Crippen LogP contribution in [-0.2, 0) is 10.0 Å². The molecule has 0 spiro atoms. The lowest BCUT2D eigenvalue weighted by atomic mass is 10.1. The average Bonchev–Trinajstić information content (AvgIpc) is 2.25. The highest BCUT2D eigenvalue weighted by Gasteiger charge is 2.51. The van der Waals surface area contributed by atoms with Crippen molar-refractivity contribution in [3.63, 3.8) is 0 Å². The van der Waals surface area contributed by atoms with E-state index in [4.69, 9.17) is 0 Å². The second-order valence-corrected chi connectivity index (χ2v) is 5.92. The maximum Gasteiger partial charge on any atom is 0.511 e. The Bertz CT molecular complexity index is 337. The van der Waals surface area contributed by atoms with Crippen LogP contribution in [0.5, 0.6) is 0 Å². The number of alkyl halides is 3. The lowest BCUT2D eigenvalue weighted by molar-refractivity contribution is -0.0504. The molecule has 1 rings (SSSR count). The highest BCUT2D eigenvalue weighted by atomic mass is 32.2. The molecule has 1 saturated heterocycles. The lowest BCUT2D eigenvalue weighted by Gasteiger charge is -2.33. The van der Waals surface area contributed by atoms with Crippen molar-refractivity contribution in [1.29, 1.82) is 0 Å². The van der Waals surface area contributed by atoms with Crippen LogP contribution >= 0.6 is 0 Å². The van der Waals surface area contributed by atoms with Crippen molar-refractivity contribution in [2.24, 2.45) is 0 Å². The first-order valence-electron chi connectivity index (χ1n) is 5.59. The van der Waals surface area contributed by atoms with Crippen molar-refractivity contribution in [1.82, 2.24) is 9.62 Å². The van der Waals surface area contributed by atoms with Crippen molar-refractivity contribution in [2.75, 3.05) is 19.6 Å². The number of nitrogens with zero attached hydrogens (tertiary/aromatic N) is 1. The summed E-state index contributed by atoms with van der Waals surface area (Å²) in [5.74, 6) is 0. The van der Waals surface area contributed by atoms with Gasteiger partial charge in [-0.1, -0.05) is 6.92 Å². The lowest BCUT2D eigenvalue weighted by Crippen LogP contribution is -2.50. The first-order valence-corrected chi connectivity index (χ1v) is 7.03. The Hall–Kier alpha value is -0.340. The third kappa shape index (κ3) is 3.32. The van der Waals surface area contributed by atoms with E-state index in [0.29, 0.717) is 36.7 Å². The maximum atomic E-state index is 12.5. The highest BCUT2D eigenvalue weighted by molar-refractivity contribution is 7.90. The summed E-state index contributed by atoms with van der Waals surface area (Å²) in [5, 5.41) is 3.00. The van der Waals surface area contributed by atoms with E-state index in [0.717, 1.165) is 0 Å². The molecule has 0 aromatic carbocycles. The molecule has 1 N–H and O–H groups in total. The van der Waals surface area contributed by atoms with Gasteiger partial charge in [-0.05, 0) is 32.4 Å². The Morgan fingerprint density at radius 3 is 2.24 bits per heavy atom. The van der Waals surface area contributed by atoms with Gasteiger partial charge in [-0.25, -0.2) is 8.42 Å². The van der Waals surface area contributed by atoms with Crippen LogP contribution < -0.4 is 5.32 Å². The molecule has 8 heteroatoms. The normalized spacial score (nSPS) is 19.8. The van der Waals surface area contributed by atoms with Crippen molar-refractivity contribution in [3.05, 3.63) is 0 Å². The highest BCUT2D eigenvalue weighted by Crippen LogP contribution is 2.30. The molecule has 0 unspecified atom stereocenters. The summed E-state index contributed by atoms with van der Waals surface area (Å²) in [5.41, 5.74) is -5.20. The molecule has 17 heavy (non-hydrogen) atoms. The Labute approximate surface area is 99.2 Å². The fourth-order valence-electron chi connectivity index (χ4n) is 1.95. The fourth-order valence-corrected chi connectivity index (χ4v) is 3.24. The Morgan fingerprint density at radius 1 is 1.29 bits per heavy atom. The second kappa shape index (κ2) is 5.53. The topological polar surface area (TPSA) is 49.4 Å². The van der Waals surface area contributed by atoms with Gasteiger partial charge in [0.05, 0.1) is 0 Å². The summed E-state index contributed by atoms with van der Waals surface area (Å²) >= 11 is 0. The van der Waals surface area contributed by atoms with Crippen LogP contribution in [0.2, 0.25) is 0 Å². The summed E-state index contributed by atoms with van der Waals surface area (Å²) in [6, 6.07) is -0.539. The van der Waals surface area contributed by atoms with Crippen LogP contribution in [0.3, 0.4) is 0 Å². The molecule has 0 bridgehead atoms. The minimum Gasteiger partial charge on any atom is -0.317 e. The molecule has 4 nitrogen and oxygen atoms in total. The summed E-state index contributed by atoms with van der Waals surface area (Å²) in [6.45, 7) is 2.70. The van der Waals surface area contributed by atoms with Gasteiger partial charge in [-0.15, -0.1) is 0 Å². The van der Waals surface area contributed by atoms with E-state index in [1.54, 1.807) is 6.92 Å². The molecule has 102 valence electrons. The molecule has 0 radical (unpaired) electrons. The third-order valence-corrected chi connectivity index (χ3v) is 4.44. The van der Waals surface area contributed by atoms with Crippen LogP contribution in [0.15, 0.2) is 0 Å². The largest absolute Gasteiger partial charge is 0.511 e. The van der Waals surface area contributed by atoms with Crippen LogP contribution in [0.4, 0.5) is 13.2 Å². The van der Waals surface area contributed by atoms with E-state index < -0.39 is 21.6 Å². The summed E-state index contributed by atoms with van der Waals surface area (Å²) in [4.78, 5) is 0. The number of nitrogens with one attached hydrogen (secondary N) is 1. The molecule has 0 atom stereocenters. The molecular weight excluding hydrogens is 257 g/mol. The van der Waals surface area contributed by atoms with Crippen molar-refractivity contribution in [2.45, 2.75) is 37.7 Å². The molecule has 0 aromatic heterocycles. The molecule has 0 saturated carbocycles. The Balaban J connectivity index is 2.92. The van der Waals surface area contributed by atoms with E-state index in [-0.39, 0.29) is 6.54 Å². The van der Waals surface area contributed by atoms with Gasteiger partial charge in [0.15, 0.2) is 0 Å². The molecule has 1 fully saturated rings. The van der Waals surface area contributed by atoms with E-state index in [1.165, 1.54) is 0 Å². The first kappa shape index (κ1) is 14.7. The SMILES string of the molecule is CCCN(C1CCNCC1)S(=O)(=O)C(F)(F)F. The van der Waals surface area contributed by atoms with Gasteiger partial charge in [0, 0.05) is 12.6 Å². The van der Waals surface area contributed by atoms with Gasteiger partial charge in [-0.3, -0.25) is 0 Å². The molecule has 1 heterocycles. The van der Waals surface area contributed by atoms with E-state index in [2.05, 4.69) is 5.32 Å². The Kier molecular flexibility index (Phi) is 4.79. The molecule has 0 amide bonds. The zero-order valence-corrected chi connectivity index (χ0v) is 10.4. The summed E-state index contributed by atoms with van der Waals surface area (Å²) < 4.78 is 61.0. The standard InChI is InChI=1S/C9H17F3N2O2S/c1-2-7-14(8-3-5-13-6-4-8)17(15,16)9(10,11)12/h8,13H,2-7H2,1H3. The average molecular weight is 274 g/mol. The Morgan fingerprint density at radius 2 is 1.82 bits per heavy atom. The minimum atomic E-state index is -5.20. The third-order valence-electron chi connectivity index (χ3n) is 2.76. The number of hydrogen-bond acceptors (Lipinski definition) is 3.